The van der Waals surface area contributed by atoms with E-state index in [4.69, 9.17) is 9.47 Å². The Balaban J connectivity index is 1.66. The number of hydrogen-bond donors (Lipinski definition) is 2. The fourth-order valence-corrected chi connectivity index (χ4v) is 4.08. The van der Waals surface area contributed by atoms with Gasteiger partial charge in [0.2, 0.25) is 0 Å². The smallest absolute Gasteiger partial charge is 0.352 e. The Morgan fingerprint density at radius 3 is 2.33 bits per heavy atom. The minimum atomic E-state index is -0.945. The Morgan fingerprint density at radius 2 is 1.67 bits per heavy atom. The van der Waals surface area contributed by atoms with Crippen molar-refractivity contribution >= 4 is 16.9 Å². The maximum atomic E-state index is 12.4. The predicted molar refractivity (Wildman–Crippen MR) is 129 cm³/mol. The molecule has 0 fully saturated rings. The first-order valence-corrected chi connectivity index (χ1v) is 11.0. The summed E-state index contributed by atoms with van der Waals surface area (Å²) >= 11 is 0. The highest BCUT2D eigenvalue weighted by Gasteiger charge is 2.22. The first-order valence-electron chi connectivity index (χ1n) is 11.0. The van der Waals surface area contributed by atoms with Crippen LogP contribution in [-0.4, -0.2) is 29.4 Å². The van der Waals surface area contributed by atoms with E-state index in [-0.39, 0.29) is 0 Å². The molecule has 0 aliphatic rings. The van der Waals surface area contributed by atoms with Crippen LogP contribution in [0.25, 0.3) is 10.9 Å². The van der Waals surface area contributed by atoms with Crippen LogP contribution in [0.15, 0.2) is 72.8 Å². The van der Waals surface area contributed by atoms with Crippen molar-refractivity contribution in [2.75, 3.05) is 13.7 Å². The molecule has 0 atom stereocenters. The van der Waals surface area contributed by atoms with Crippen LogP contribution >= 0.6 is 0 Å². The van der Waals surface area contributed by atoms with Gasteiger partial charge in [0, 0.05) is 36.7 Å². The number of ether oxygens (including phenoxy) is 2. The van der Waals surface area contributed by atoms with Gasteiger partial charge in [-0.1, -0.05) is 42.5 Å². The zero-order chi connectivity index (χ0) is 23.2. The minimum absolute atomic E-state index is 0.293. The minimum Gasteiger partial charge on any atom is -0.497 e. The molecule has 0 spiro atoms. The normalized spacial score (nSPS) is 11.0. The Labute approximate surface area is 193 Å². The van der Waals surface area contributed by atoms with Crippen molar-refractivity contribution in [1.82, 2.24) is 9.88 Å². The lowest BCUT2D eigenvalue weighted by molar-refractivity contribution is 0.0684. The Morgan fingerprint density at radius 1 is 0.939 bits per heavy atom. The topological polar surface area (TPSA) is 72.7 Å². The van der Waals surface area contributed by atoms with Crippen molar-refractivity contribution < 1.29 is 19.4 Å². The van der Waals surface area contributed by atoms with Gasteiger partial charge in [0.1, 0.15) is 17.2 Å². The van der Waals surface area contributed by atoms with Gasteiger partial charge in [-0.15, -0.1) is 0 Å². The van der Waals surface area contributed by atoms with Crippen LogP contribution in [0.4, 0.5) is 0 Å². The number of carboxylic acid groups (broad SMARTS) is 1. The molecular weight excluding hydrogens is 416 g/mol. The largest absolute Gasteiger partial charge is 0.497 e. The molecule has 3 aromatic carbocycles. The van der Waals surface area contributed by atoms with E-state index in [1.165, 1.54) is 0 Å². The lowest BCUT2D eigenvalue weighted by Gasteiger charge is -2.10. The van der Waals surface area contributed by atoms with Gasteiger partial charge in [0.15, 0.2) is 0 Å². The Hall–Kier alpha value is -3.77. The summed E-state index contributed by atoms with van der Waals surface area (Å²) in [5, 5.41) is 14.5. The second-order valence-corrected chi connectivity index (χ2v) is 7.77. The number of carbonyl (C=O) groups is 1. The summed E-state index contributed by atoms with van der Waals surface area (Å²) in [6, 6.07) is 23.5. The fraction of sp³-hybridized carbons (Fsp3) is 0.222. The monoisotopic (exact) mass is 444 g/mol. The molecule has 0 saturated carbocycles. The molecular formula is C27H28N2O4. The van der Waals surface area contributed by atoms with Gasteiger partial charge in [-0.3, -0.25) is 0 Å². The van der Waals surface area contributed by atoms with Crippen LogP contribution in [0.3, 0.4) is 0 Å². The molecule has 2 N–H and O–H groups in total. The first kappa shape index (κ1) is 22.4. The number of hydrogen-bond acceptors (Lipinski definition) is 4. The molecule has 170 valence electrons. The van der Waals surface area contributed by atoms with E-state index in [1.54, 1.807) is 7.11 Å². The molecule has 1 heterocycles. The summed E-state index contributed by atoms with van der Waals surface area (Å²) in [7, 11) is 1.61. The molecule has 0 unspecified atom stereocenters. The van der Waals surface area contributed by atoms with Gasteiger partial charge >= 0.3 is 5.97 Å². The zero-order valence-corrected chi connectivity index (χ0v) is 18.9. The summed E-state index contributed by atoms with van der Waals surface area (Å²) < 4.78 is 12.8. The van der Waals surface area contributed by atoms with Gasteiger partial charge in [-0.05, 0) is 42.3 Å². The van der Waals surface area contributed by atoms with Crippen molar-refractivity contribution in [2.45, 2.75) is 26.6 Å². The number of benzene rings is 3. The Bertz CT molecular complexity index is 1230. The second-order valence-electron chi connectivity index (χ2n) is 7.77. The highest BCUT2D eigenvalue weighted by molar-refractivity contribution is 5.98. The maximum absolute atomic E-state index is 12.4. The highest BCUT2D eigenvalue weighted by atomic mass is 16.5. The van der Waals surface area contributed by atoms with Crippen LogP contribution in [-0.2, 0) is 19.6 Å². The van der Waals surface area contributed by atoms with E-state index in [1.807, 2.05) is 84.3 Å². The molecule has 4 rings (SSSR count). The SMILES string of the molecule is CCOc1ccc(CNCc2c(C(=O)O)n(Cc3ccccc3)c3cc(OC)ccc23)cc1. The van der Waals surface area contributed by atoms with Gasteiger partial charge in [-0.25, -0.2) is 4.79 Å². The molecule has 6 nitrogen and oxygen atoms in total. The van der Waals surface area contributed by atoms with Crippen LogP contribution in [0.1, 0.15) is 34.1 Å². The molecule has 1 aromatic heterocycles. The van der Waals surface area contributed by atoms with Gasteiger partial charge in [0.05, 0.1) is 19.2 Å². The van der Waals surface area contributed by atoms with E-state index in [9.17, 15) is 9.90 Å². The summed E-state index contributed by atoms with van der Waals surface area (Å²) in [4.78, 5) is 12.4. The molecule has 0 aliphatic carbocycles. The third-order valence-electron chi connectivity index (χ3n) is 5.63. The summed E-state index contributed by atoms with van der Waals surface area (Å²) in [6.45, 7) is 4.10. The van der Waals surface area contributed by atoms with Crippen LogP contribution in [0.2, 0.25) is 0 Å². The molecule has 0 saturated heterocycles. The average molecular weight is 445 g/mol. The fourth-order valence-electron chi connectivity index (χ4n) is 4.08. The van der Waals surface area contributed by atoms with E-state index in [2.05, 4.69) is 5.32 Å². The van der Waals surface area contributed by atoms with E-state index in [0.717, 1.165) is 33.3 Å². The zero-order valence-electron chi connectivity index (χ0n) is 18.9. The molecule has 0 radical (unpaired) electrons. The summed E-state index contributed by atoms with van der Waals surface area (Å²) in [5.74, 6) is 0.589. The Kier molecular flexibility index (Phi) is 6.95. The number of methoxy groups -OCH3 is 1. The molecule has 4 aromatic rings. The maximum Gasteiger partial charge on any atom is 0.352 e. The van der Waals surface area contributed by atoms with Crippen LogP contribution < -0.4 is 14.8 Å². The average Bonchev–Trinajstić information content (AvgIpc) is 3.13. The first-order chi connectivity index (χ1) is 16.1. The van der Waals surface area contributed by atoms with E-state index >= 15 is 0 Å². The lowest BCUT2D eigenvalue weighted by atomic mass is 10.1. The number of nitrogens with one attached hydrogen (secondary N) is 1. The van der Waals surface area contributed by atoms with Crippen molar-refractivity contribution in [3.05, 3.63) is 95.2 Å². The highest BCUT2D eigenvalue weighted by Crippen LogP contribution is 2.31. The quantitative estimate of drug-likeness (QED) is 0.357. The number of aromatic carboxylic acids is 1. The number of fused-ring (bicyclic) bond motifs is 1. The van der Waals surface area contributed by atoms with Crippen molar-refractivity contribution in [1.29, 1.82) is 0 Å². The lowest BCUT2D eigenvalue weighted by Crippen LogP contribution is -2.17. The number of aromatic nitrogens is 1. The number of nitrogens with zero attached hydrogens (tertiary/aromatic N) is 1. The van der Waals surface area contributed by atoms with E-state index in [0.29, 0.717) is 37.7 Å². The van der Waals surface area contributed by atoms with Crippen LogP contribution in [0, 0.1) is 0 Å². The van der Waals surface area contributed by atoms with Crippen molar-refractivity contribution in [3.8, 4) is 11.5 Å². The third-order valence-corrected chi connectivity index (χ3v) is 5.63. The molecule has 0 aliphatic heterocycles. The van der Waals surface area contributed by atoms with Gasteiger partial charge < -0.3 is 24.5 Å². The van der Waals surface area contributed by atoms with Crippen molar-refractivity contribution in [2.24, 2.45) is 0 Å². The molecule has 33 heavy (non-hydrogen) atoms. The molecule has 6 heteroatoms. The van der Waals surface area contributed by atoms with Crippen molar-refractivity contribution in [3.63, 3.8) is 0 Å². The van der Waals surface area contributed by atoms with Crippen LogP contribution in [0.5, 0.6) is 11.5 Å². The number of rotatable bonds is 10. The molecule has 0 bridgehead atoms. The van der Waals surface area contributed by atoms with Gasteiger partial charge in [-0.2, -0.15) is 0 Å². The number of carboxylic acids is 1. The van der Waals surface area contributed by atoms with E-state index < -0.39 is 5.97 Å². The van der Waals surface area contributed by atoms with Gasteiger partial charge in [0.25, 0.3) is 0 Å². The summed E-state index contributed by atoms with van der Waals surface area (Å²) in [6.07, 6.45) is 0. The summed E-state index contributed by atoms with van der Waals surface area (Å²) in [5.41, 5.74) is 4.04. The predicted octanol–water partition coefficient (Wildman–Crippen LogP) is 5.08. The third kappa shape index (κ3) is 5.02. The second kappa shape index (κ2) is 10.2. The molecule has 0 amide bonds. The standard InChI is InChI=1S/C27H28N2O4/c1-3-33-21-11-9-19(10-12-21)16-28-17-24-23-14-13-22(32-2)15-25(23)29(26(24)27(30)31)18-20-7-5-4-6-8-20/h4-15,28H,3,16-18H2,1-2H3,(H,30,31).